The van der Waals surface area contributed by atoms with Gasteiger partial charge in [-0.1, -0.05) is 0 Å². The Morgan fingerprint density at radius 1 is 1.13 bits per heavy atom. The maximum atomic E-state index is 12.5. The van der Waals surface area contributed by atoms with Crippen LogP contribution in [-0.4, -0.2) is 44.8 Å². The standard InChI is InChI=1S/C21H19N3O5S2/c1-24(2)31(26,27)16-7-4-13(5-8-16)20(25)23-21-22-17(12-30-21)19-11-14-10-15(28-3)6-9-18(14)29-19/h4-12H,1-3H3,(H,22,23,25). The second-order valence-corrected chi connectivity index (χ2v) is 9.83. The van der Waals surface area contributed by atoms with E-state index in [9.17, 15) is 13.2 Å². The van der Waals surface area contributed by atoms with Crippen molar-refractivity contribution in [1.29, 1.82) is 0 Å². The average molecular weight is 458 g/mol. The molecule has 2 aromatic carbocycles. The summed E-state index contributed by atoms with van der Waals surface area (Å²) in [5.41, 5.74) is 1.63. The number of amides is 1. The molecule has 0 saturated heterocycles. The molecule has 4 rings (SSSR count). The summed E-state index contributed by atoms with van der Waals surface area (Å²) < 4.78 is 36.5. The number of fused-ring (bicyclic) bond motifs is 1. The van der Waals surface area contributed by atoms with Gasteiger partial charge in [0.2, 0.25) is 10.0 Å². The number of ether oxygens (including phenoxy) is 1. The van der Waals surface area contributed by atoms with E-state index in [0.717, 1.165) is 15.4 Å². The van der Waals surface area contributed by atoms with Crippen molar-refractivity contribution < 1.29 is 22.4 Å². The zero-order chi connectivity index (χ0) is 22.2. The van der Waals surface area contributed by atoms with Gasteiger partial charge >= 0.3 is 0 Å². The number of methoxy groups -OCH3 is 1. The molecule has 31 heavy (non-hydrogen) atoms. The minimum atomic E-state index is -3.55. The first-order valence-electron chi connectivity index (χ1n) is 9.15. The molecule has 0 radical (unpaired) electrons. The first-order valence-corrected chi connectivity index (χ1v) is 11.5. The molecular formula is C21H19N3O5S2. The first kappa shape index (κ1) is 21.0. The maximum absolute atomic E-state index is 12.5. The largest absolute Gasteiger partial charge is 0.497 e. The Bertz CT molecular complexity index is 1360. The lowest BCUT2D eigenvalue weighted by molar-refractivity contribution is 0.102. The number of aromatic nitrogens is 1. The van der Waals surface area contributed by atoms with Crippen molar-refractivity contribution in [2.24, 2.45) is 0 Å². The van der Waals surface area contributed by atoms with E-state index in [1.165, 1.54) is 49.7 Å². The Labute approximate surface area is 183 Å². The summed E-state index contributed by atoms with van der Waals surface area (Å²) in [7, 11) is 0.961. The van der Waals surface area contributed by atoms with Crippen molar-refractivity contribution in [3.63, 3.8) is 0 Å². The summed E-state index contributed by atoms with van der Waals surface area (Å²) in [5.74, 6) is 0.928. The van der Waals surface area contributed by atoms with Crippen molar-refractivity contribution >= 4 is 43.4 Å². The fraction of sp³-hybridized carbons (Fsp3) is 0.143. The van der Waals surface area contributed by atoms with Gasteiger partial charge in [-0.25, -0.2) is 17.7 Å². The number of nitrogens with zero attached hydrogens (tertiary/aromatic N) is 2. The molecule has 0 spiro atoms. The van der Waals surface area contributed by atoms with Crippen LogP contribution in [-0.2, 0) is 10.0 Å². The zero-order valence-corrected chi connectivity index (χ0v) is 18.6. The van der Waals surface area contributed by atoms with Crippen molar-refractivity contribution in [3.05, 3.63) is 59.5 Å². The van der Waals surface area contributed by atoms with Crippen molar-refractivity contribution in [2.75, 3.05) is 26.5 Å². The third-order valence-electron chi connectivity index (χ3n) is 4.60. The van der Waals surface area contributed by atoms with Crippen LogP contribution in [0.15, 0.2) is 63.2 Å². The molecule has 4 aromatic rings. The monoisotopic (exact) mass is 457 g/mol. The number of carbonyl (C=O) groups is 1. The third-order valence-corrected chi connectivity index (χ3v) is 7.18. The number of carbonyl (C=O) groups excluding carboxylic acids is 1. The van der Waals surface area contributed by atoms with Gasteiger partial charge in [0.1, 0.15) is 17.0 Å². The highest BCUT2D eigenvalue weighted by Gasteiger charge is 2.18. The van der Waals surface area contributed by atoms with Crippen molar-refractivity contribution in [2.45, 2.75) is 4.90 Å². The quantitative estimate of drug-likeness (QED) is 0.468. The molecule has 0 saturated carbocycles. The number of sulfonamides is 1. The highest BCUT2D eigenvalue weighted by atomic mass is 32.2. The smallest absolute Gasteiger partial charge is 0.257 e. The van der Waals surface area contributed by atoms with Gasteiger partial charge in [-0.2, -0.15) is 0 Å². The van der Waals surface area contributed by atoms with E-state index >= 15 is 0 Å². The van der Waals surface area contributed by atoms with E-state index in [1.54, 1.807) is 12.5 Å². The van der Waals surface area contributed by atoms with Crippen molar-refractivity contribution in [1.82, 2.24) is 9.29 Å². The highest BCUT2D eigenvalue weighted by molar-refractivity contribution is 7.89. The first-order chi connectivity index (χ1) is 14.8. The lowest BCUT2D eigenvalue weighted by Crippen LogP contribution is -2.22. The number of anilines is 1. The fourth-order valence-corrected chi connectivity index (χ4v) is 4.47. The number of hydrogen-bond acceptors (Lipinski definition) is 7. The summed E-state index contributed by atoms with van der Waals surface area (Å²) in [5, 5.41) is 5.81. The minimum absolute atomic E-state index is 0.118. The number of nitrogens with one attached hydrogen (secondary N) is 1. The molecule has 0 aliphatic carbocycles. The molecule has 0 aliphatic heterocycles. The topological polar surface area (TPSA) is 102 Å². The highest BCUT2D eigenvalue weighted by Crippen LogP contribution is 2.32. The van der Waals surface area contributed by atoms with Crippen LogP contribution in [0.4, 0.5) is 5.13 Å². The summed E-state index contributed by atoms with van der Waals surface area (Å²) >= 11 is 1.27. The average Bonchev–Trinajstić information content (AvgIpc) is 3.39. The predicted molar refractivity (Wildman–Crippen MR) is 119 cm³/mol. The van der Waals surface area contributed by atoms with Gasteiger partial charge in [-0.3, -0.25) is 10.1 Å². The van der Waals surface area contributed by atoms with Crippen LogP contribution in [0, 0.1) is 0 Å². The van der Waals surface area contributed by atoms with E-state index in [2.05, 4.69) is 10.3 Å². The normalized spacial score (nSPS) is 11.7. The Morgan fingerprint density at radius 3 is 2.55 bits per heavy atom. The van der Waals surface area contributed by atoms with Gasteiger partial charge in [-0.15, -0.1) is 11.3 Å². The lowest BCUT2D eigenvalue weighted by atomic mass is 10.2. The van der Waals surface area contributed by atoms with Crippen molar-refractivity contribution in [3.8, 4) is 17.2 Å². The summed E-state index contributed by atoms with van der Waals surface area (Å²) in [6.07, 6.45) is 0. The molecule has 1 N–H and O–H groups in total. The summed E-state index contributed by atoms with van der Waals surface area (Å²) in [6.45, 7) is 0. The molecule has 10 heteroatoms. The molecule has 0 bridgehead atoms. The molecule has 160 valence electrons. The third kappa shape index (κ3) is 4.18. The van der Waals surface area contributed by atoms with E-state index in [4.69, 9.17) is 9.15 Å². The summed E-state index contributed by atoms with van der Waals surface area (Å²) in [4.78, 5) is 17.1. The van der Waals surface area contributed by atoms with Crippen LogP contribution in [0.3, 0.4) is 0 Å². The van der Waals surface area contributed by atoms with Gasteiger partial charge in [0.15, 0.2) is 10.9 Å². The van der Waals surface area contributed by atoms with Crippen LogP contribution >= 0.6 is 11.3 Å². The van der Waals surface area contributed by atoms with Crippen LogP contribution < -0.4 is 10.1 Å². The molecular weight excluding hydrogens is 438 g/mol. The SMILES string of the molecule is COc1ccc2oc(-c3csc(NC(=O)c4ccc(S(=O)(=O)N(C)C)cc4)n3)cc2c1. The lowest BCUT2D eigenvalue weighted by Gasteiger charge is -2.11. The summed E-state index contributed by atoms with van der Waals surface area (Å²) in [6, 6.07) is 13.1. The van der Waals surface area contributed by atoms with Gasteiger partial charge in [0.25, 0.3) is 5.91 Å². The van der Waals surface area contributed by atoms with Crippen LogP contribution in [0.2, 0.25) is 0 Å². The van der Waals surface area contributed by atoms with Crippen LogP contribution in [0.25, 0.3) is 22.4 Å². The number of hydrogen-bond donors (Lipinski definition) is 1. The molecule has 8 nitrogen and oxygen atoms in total. The second-order valence-electron chi connectivity index (χ2n) is 6.82. The molecule has 0 atom stereocenters. The second kappa shape index (κ2) is 8.14. The number of benzene rings is 2. The number of rotatable bonds is 6. The molecule has 0 fully saturated rings. The molecule has 1 amide bonds. The maximum Gasteiger partial charge on any atom is 0.257 e. The van der Waals surface area contributed by atoms with E-state index in [1.807, 2.05) is 24.3 Å². The fourth-order valence-electron chi connectivity index (χ4n) is 2.88. The van der Waals surface area contributed by atoms with Gasteiger partial charge in [0, 0.05) is 30.4 Å². The molecule has 0 unspecified atom stereocenters. The predicted octanol–water partition coefficient (Wildman–Crippen LogP) is 4.07. The van der Waals surface area contributed by atoms with Gasteiger partial charge in [-0.05, 0) is 48.5 Å². The number of thiazole rings is 1. The van der Waals surface area contributed by atoms with E-state index in [-0.39, 0.29) is 10.8 Å². The van der Waals surface area contributed by atoms with Gasteiger partial charge < -0.3 is 9.15 Å². The van der Waals surface area contributed by atoms with Crippen LogP contribution in [0.5, 0.6) is 5.75 Å². The molecule has 2 aromatic heterocycles. The molecule has 2 heterocycles. The zero-order valence-electron chi connectivity index (χ0n) is 16.9. The van der Waals surface area contributed by atoms with Crippen LogP contribution in [0.1, 0.15) is 10.4 Å². The Balaban J connectivity index is 1.50. The Hall–Kier alpha value is -3.21. The Morgan fingerprint density at radius 2 is 1.87 bits per heavy atom. The minimum Gasteiger partial charge on any atom is -0.497 e. The molecule has 0 aliphatic rings. The van der Waals surface area contributed by atoms with E-state index < -0.39 is 10.0 Å². The Kier molecular flexibility index (Phi) is 5.52. The van der Waals surface area contributed by atoms with Gasteiger partial charge in [0.05, 0.1) is 12.0 Å². The van der Waals surface area contributed by atoms with E-state index in [0.29, 0.717) is 27.7 Å². The number of furan rings is 1.